The summed E-state index contributed by atoms with van der Waals surface area (Å²) in [6.45, 7) is 0.727. The molecular formula is C9H15N3O3. The van der Waals surface area contributed by atoms with Crippen LogP contribution in [-0.2, 0) is 0 Å². The van der Waals surface area contributed by atoms with Crippen LogP contribution in [0.1, 0.15) is 29.8 Å². The van der Waals surface area contributed by atoms with Crippen molar-refractivity contribution in [2.45, 2.75) is 19.3 Å². The Labute approximate surface area is 86.7 Å². The van der Waals surface area contributed by atoms with Crippen LogP contribution in [0.4, 0.5) is 0 Å². The molecule has 15 heavy (non-hydrogen) atoms. The van der Waals surface area contributed by atoms with Crippen molar-refractivity contribution in [1.29, 1.82) is 0 Å². The van der Waals surface area contributed by atoms with Gasteiger partial charge in [-0.2, -0.15) is 0 Å². The van der Waals surface area contributed by atoms with E-state index in [1.165, 1.54) is 6.07 Å². The Kier molecular flexibility index (Phi) is 4.62. The molecular weight excluding hydrogens is 198 g/mol. The first-order valence-electron chi connectivity index (χ1n) is 4.91. The third kappa shape index (κ3) is 3.99. The lowest BCUT2D eigenvalue weighted by atomic mass is 10.2. The Morgan fingerprint density at radius 3 is 2.73 bits per heavy atom. The number of aliphatic hydroxyl groups is 1. The Morgan fingerprint density at radius 1 is 1.33 bits per heavy atom. The van der Waals surface area contributed by atoms with Gasteiger partial charge in [0.25, 0.3) is 11.5 Å². The molecule has 0 unspecified atom stereocenters. The molecule has 0 aromatic carbocycles. The van der Waals surface area contributed by atoms with Crippen molar-refractivity contribution < 1.29 is 9.90 Å². The molecule has 0 aliphatic heterocycles. The zero-order valence-electron chi connectivity index (χ0n) is 8.38. The molecule has 0 aliphatic rings. The Hall–Kier alpha value is -1.56. The van der Waals surface area contributed by atoms with Crippen LogP contribution in [0.15, 0.2) is 10.9 Å². The summed E-state index contributed by atoms with van der Waals surface area (Å²) in [7, 11) is 0. The highest BCUT2D eigenvalue weighted by Gasteiger charge is 2.06. The summed E-state index contributed by atoms with van der Waals surface area (Å²) in [5.74, 6) is -0.294. The van der Waals surface area contributed by atoms with Crippen LogP contribution >= 0.6 is 0 Å². The molecule has 0 bridgehead atoms. The first-order valence-corrected chi connectivity index (χ1v) is 4.91. The molecule has 1 aromatic rings. The predicted octanol–water partition coefficient (Wildman–Crippen LogP) is -0.405. The molecule has 0 saturated heterocycles. The van der Waals surface area contributed by atoms with E-state index in [4.69, 9.17) is 5.11 Å². The minimum atomic E-state index is -0.319. The van der Waals surface area contributed by atoms with Crippen LogP contribution in [0, 0.1) is 0 Å². The molecule has 1 rings (SSSR count). The summed E-state index contributed by atoms with van der Waals surface area (Å²) >= 11 is 0. The van der Waals surface area contributed by atoms with Gasteiger partial charge in [0.15, 0.2) is 0 Å². The molecule has 1 heterocycles. The van der Waals surface area contributed by atoms with E-state index in [2.05, 4.69) is 15.5 Å². The monoisotopic (exact) mass is 213 g/mol. The number of carbonyl (C=O) groups excluding carboxylic acids is 1. The number of aromatic amines is 2. The van der Waals surface area contributed by atoms with E-state index < -0.39 is 0 Å². The standard InChI is InChI=1S/C9H15N3O3/c13-5-3-1-2-4-10-9(15)7-6-8(14)12-11-7/h6,13H,1-5H2,(H,10,15)(H2,11,12,14). The van der Waals surface area contributed by atoms with Crippen molar-refractivity contribution in [3.63, 3.8) is 0 Å². The third-order valence-electron chi connectivity index (χ3n) is 1.96. The number of carbonyl (C=O) groups is 1. The quantitative estimate of drug-likeness (QED) is 0.484. The lowest BCUT2D eigenvalue weighted by molar-refractivity contribution is 0.0948. The van der Waals surface area contributed by atoms with Gasteiger partial charge in [-0.15, -0.1) is 0 Å². The molecule has 0 atom stereocenters. The summed E-state index contributed by atoms with van der Waals surface area (Å²) in [4.78, 5) is 22.1. The molecule has 4 N–H and O–H groups in total. The van der Waals surface area contributed by atoms with E-state index in [0.717, 1.165) is 19.3 Å². The number of nitrogens with one attached hydrogen (secondary N) is 3. The van der Waals surface area contributed by atoms with E-state index in [9.17, 15) is 9.59 Å². The molecule has 0 radical (unpaired) electrons. The SMILES string of the molecule is O=C(NCCCCCO)c1cc(=O)[nH][nH]1. The predicted molar refractivity (Wildman–Crippen MR) is 54.7 cm³/mol. The summed E-state index contributed by atoms with van der Waals surface area (Å²) in [6, 6.07) is 1.21. The van der Waals surface area contributed by atoms with E-state index in [0.29, 0.717) is 6.54 Å². The van der Waals surface area contributed by atoms with Crippen LogP contribution in [0.25, 0.3) is 0 Å². The second-order valence-corrected chi connectivity index (χ2v) is 3.21. The number of hydrogen-bond donors (Lipinski definition) is 4. The van der Waals surface area contributed by atoms with Crippen molar-refractivity contribution in [2.75, 3.05) is 13.2 Å². The van der Waals surface area contributed by atoms with Crippen molar-refractivity contribution >= 4 is 5.91 Å². The molecule has 84 valence electrons. The molecule has 0 saturated carbocycles. The van der Waals surface area contributed by atoms with Gasteiger partial charge in [-0.1, -0.05) is 0 Å². The second kappa shape index (κ2) is 6.02. The largest absolute Gasteiger partial charge is 0.396 e. The zero-order chi connectivity index (χ0) is 11.1. The zero-order valence-corrected chi connectivity index (χ0v) is 8.38. The van der Waals surface area contributed by atoms with Gasteiger partial charge in [-0.05, 0) is 19.3 Å². The van der Waals surface area contributed by atoms with Crippen molar-refractivity contribution in [1.82, 2.24) is 15.5 Å². The van der Waals surface area contributed by atoms with Crippen molar-refractivity contribution in [2.24, 2.45) is 0 Å². The molecule has 0 aliphatic carbocycles. The second-order valence-electron chi connectivity index (χ2n) is 3.21. The van der Waals surface area contributed by atoms with Gasteiger partial charge >= 0.3 is 0 Å². The lowest BCUT2D eigenvalue weighted by Crippen LogP contribution is -2.24. The molecule has 1 aromatic heterocycles. The van der Waals surface area contributed by atoms with Crippen LogP contribution in [0.5, 0.6) is 0 Å². The number of H-pyrrole nitrogens is 2. The molecule has 1 amide bonds. The van der Waals surface area contributed by atoms with Crippen molar-refractivity contribution in [3.8, 4) is 0 Å². The first kappa shape index (κ1) is 11.5. The number of rotatable bonds is 6. The number of unbranched alkanes of at least 4 members (excludes halogenated alkanes) is 2. The topological polar surface area (TPSA) is 98.0 Å². The van der Waals surface area contributed by atoms with Gasteiger partial charge in [0.05, 0.1) is 0 Å². The maximum atomic E-state index is 11.3. The molecule has 6 nitrogen and oxygen atoms in total. The van der Waals surface area contributed by atoms with Crippen LogP contribution in [0.3, 0.4) is 0 Å². The highest BCUT2D eigenvalue weighted by Crippen LogP contribution is 1.93. The summed E-state index contributed by atoms with van der Waals surface area (Å²) in [6.07, 6.45) is 2.44. The third-order valence-corrected chi connectivity index (χ3v) is 1.96. The van der Waals surface area contributed by atoms with E-state index >= 15 is 0 Å². The molecule has 0 fully saturated rings. The Bertz CT molecular complexity index is 355. The smallest absolute Gasteiger partial charge is 0.269 e. The summed E-state index contributed by atoms with van der Waals surface area (Å²) < 4.78 is 0. The van der Waals surface area contributed by atoms with Gasteiger partial charge in [0, 0.05) is 19.2 Å². The molecule has 6 heteroatoms. The number of aliphatic hydroxyl groups excluding tert-OH is 1. The lowest BCUT2D eigenvalue weighted by Gasteiger charge is -2.02. The highest BCUT2D eigenvalue weighted by atomic mass is 16.3. The number of hydrogen-bond acceptors (Lipinski definition) is 3. The average molecular weight is 213 g/mol. The van der Waals surface area contributed by atoms with Gasteiger partial charge in [0.2, 0.25) is 0 Å². The Morgan fingerprint density at radius 2 is 2.13 bits per heavy atom. The minimum absolute atomic E-state index is 0.180. The van der Waals surface area contributed by atoms with Gasteiger partial charge in [-0.3, -0.25) is 19.8 Å². The van der Waals surface area contributed by atoms with Gasteiger partial charge < -0.3 is 10.4 Å². The summed E-state index contributed by atoms with van der Waals surface area (Å²) in [5.41, 5.74) is -0.0809. The average Bonchev–Trinajstić information content (AvgIpc) is 2.64. The fourth-order valence-electron chi connectivity index (χ4n) is 1.17. The fraction of sp³-hybridized carbons (Fsp3) is 0.556. The maximum absolute atomic E-state index is 11.3. The molecule has 0 spiro atoms. The van der Waals surface area contributed by atoms with Gasteiger partial charge in [0.1, 0.15) is 5.69 Å². The van der Waals surface area contributed by atoms with Gasteiger partial charge in [-0.25, -0.2) is 0 Å². The van der Waals surface area contributed by atoms with E-state index in [1.54, 1.807) is 0 Å². The highest BCUT2D eigenvalue weighted by molar-refractivity contribution is 5.91. The van der Waals surface area contributed by atoms with E-state index in [1.807, 2.05) is 0 Å². The van der Waals surface area contributed by atoms with Crippen LogP contribution in [0.2, 0.25) is 0 Å². The fourth-order valence-corrected chi connectivity index (χ4v) is 1.17. The number of aromatic nitrogens is 2. The van der Waals surface area contributed by atoms with Crippen LogP contribution < -0.4 is 10.9 Å². The van der Waals surface area contributed by atoms with Crippen LogP contribution in [-0.4, -0.2) is 34.4 Å². The maximum Gasteiger partial charge on any atom is 0.269 e. The van der Waals surface area contributed by atoms with E-state index in [-0.39, 0.29) is 23.8 Å². The number of amides is 1. The van der Waals surface area contributed by atoms with Crippen molar-refractivity contribution in [3.05, 3.63) is 22.1 Å². The normalized spacial score (nSPS) is 10.2. The Balaban J connectivity index is 2.22. The minimum Gasteiger partial charge on any atom is -0.396 e. The summed E-state index contributed by atoms with van der Waals surface area (Å²) in [5, 5.41) is 15.9. The first-order chi connectivity index (χ1) is 7.24.